The van der Waals surface area contributed by atoms with E-state index in [-0.39, 0.29) is 10.6 Å². The molecule has 0 aliphatic heterocycles. The second kappa shape index (κ2) is 5.00. The zero-order valence-electron chi connectivity index (χ0n) is 8.30. The number of rotatable bonds is 4. The molecule has 0 aromatic carbocycles. The molecule has 14 heavy (non-hydrogen) atoms. The lowest BCUT2D eigenvalue weighted by Crippen LogP contribution is -2.15. The van der Waals surface area contributed by atoms with Crippen molar-refractivity contribution in [3.63, 3.8) is 0 Å². The minimum atomic E-state index is -0.360. The van der Waals surface area contributed by atoms with E-state index in [4.69, 9.17) is 11.6 Å². The number of nitrogens with zero attached hydrogens (tertiary/aromatic N) is 1. The molecule has 0 aliphatic carbocycles. The highest BCUT2D eigenvalue weighted by molar-refractivity contribution is 6.32. The highest BCUT2D eigenvalue weighted by atomic mass is 35.5. The van der Waals surface area contributed by atoms with Gasteiger partial charge in [0, 0.05) is 6.54 Å². The maximum Gasteiger partial charge on any atom is 0.285 e. The van der Waals surface area contributed by atoms with Crippen molar-refractivity contribution in [2.75, 3.05) is 11.9 Å². The molecule has 0 aliphatic rings. The molecule has 0 amide bonds. The van der Waals surface area contributed by atoms with Gasteiger partial charge in [-0.05, 0) is 5.92 Å². The van der Waals surface area contributed by atoms with Gasteiger partial charge in [-0.2, -0.15) is 5.10 Å². The van der Waals surface area contributed by atoms with Crippen LogP contribution in [0.15, 0.2) is 11.0 Å². The normalized spacial score (nSPS) is 12.5. The summed E-state index contributed by atoms with van der Waals surface area (Å²) in [5, 5.41) is 9.19. The monoisotopic (exact) mass is 215 g/mol. The molecule has 2 N–H and O–H groups in total. The van der Waals surface area contributed by atoms with E-state index in [1.54, 1.807) is 0 Å². The van der Waals surface area contributed by atoms with Crippen LogP contribution in [0.2, 0.25) is 5.02 Å². The fourth-order valence-electron chi connectivity index (χ4n) is 0.935. The summed E-state index contributed by atoms with van der Waals surface area (Å²) in [4.78, 5) is 11.1. The van der Waals surface area contributed by atoms with Gasteiger partial charge in [0.05, 0.1) is 11.9 Å². The first kappa shape index (κ1) is 11.0. The molecular formula is C9H14ClN3O. The Kier molecular flexibility index (Phi) is 3.95. The quantitative estimate of drug-likeness (QED) is 0.807. The van der Waals surface area contributed by atoms with Crippen LogP contribution in [0.5, 0.6) is 0 Å². The van der Waals surface area contributed by atoms with Gasteiger partial charge in [0.15, 0.2) is 0 Å². The fourth-order valence-corrected chi connectivity index (χ4v) is 1.09. The first-order valence-corrected chi connectivity index (χ1v) is 5.00. The zero-order valence-corrected chi connectivity index (χ0v) is 9.06. The Balaban J connectivity index is 2.68. The Labute approximate surface area is 87.7 Å². The summed E-state index contributed by atoms with van der Waals surface area (Å²) in [6.07, 6.45) is 2.60. The van der Waals surface area contributed by atoms with Crippen LogP contribution in [0, 0.1) is 5.92 Å². The Morgan fingerprint density at radius 2 is 2.43 bits per heavy atom. The molecule has 0 fully saturated rings. The summed E-state index contributed by atoms with van der Waals surface area (Å²) in [7, 11) is 0. The van der Waals surface area contributed by atoms with Gasteiger partial charge in [0.25, 0.3) is 5.56 Å². The van der Waals surface area contributed by atoms with E-state index >= 15 is 0 Å². The van der Waals surface area contributed by atoms with Gasteiger partial charge in [0.2, 0.25) is 0 Å². The van der Waals surface area contributed by atoms with Crippen molar-refractivity contribution >= 4 is 17.3 Å². The molecule has 0 spiro atoms. The molecule has 1 heterocycles. The van der Waals surface area contributed by atoms with Gasteiger partial charge in [-0.15, -0.1) is 0 Å². The van der Waals surface area contributed by atoms with Gasteiger partial charge in [-0.1, -0.05) is 31.9 Å². The first-order valence-electron chi connectivity index (χ1n) is 4.62. The summed E-state index contributed by atoms with van der Waals surface area (Å²) in [5.41, 5.74) is 0.233. The van der Waals surface area contributed by atoms with Gasteiger partial charge in [-0.3, -0.25) is 4.79 Å². The number of aromatic nitrogens is 2. The minimum absolute atomic E-state index is 0.170. The van der Waals surface area contributed by atoms with Crippen LogP contribution in [-0.4, -0.2) is 16.7 Å². The molecule has 0 saturated heterocycles. The zero-order chi connectivity index (χ0) is 10.6. The van der Waals surface area contributed by atoms with E-state index in [1.165, 1.54) is 6.20 Å². The first-order chi connectivity index (χ1) is 6.65. The number of halogens is 1. The third kappa shape index (κ3) is 2.73. The lowest BCUT2D eigenvalue weighted by molar-refractivity contribution is 0.593. The lowest BCUT2D eigenvalue weighted by atomic mass is 10.1. The molecule has 4 nitrogen and oxygen atoms in total. The van der Waals surface area contributed by atoms with E-state index in [9.17, 15) is 4.79 Å². The summed E-state index contributed by atoms with van der Waals surface area (Å²) in [6, 6.07) is 0. The average molecular weight is 216 g/mol. The Bertz CT molecular complexity index is 350. The van der Waals surface area contributed by atoms with Crippen LogP contribution < -0.4 is 10.9 Å². The average Bonchev–Trinajstić information content (AvgIpc) is 2.20. The number of aromatic amines is 1. The van der Waals surface area contributed by atoms with E-state index in [0.29, 0.717) is 11.6 Å². The van der Waals surface area contributed by atoms with Crippen molar-refractivity contribution in [3.8, 4) is 0 Å². The highest BCUT2D eigenvalue weighted by Gasteiger charge is 2.05. The molecule has 1 aromatic heterocycles. The second-order valence-corrected chi connectivity index (χ2v) is 3.70. The van der Waals surface area contributed by atoms with Crippen molar-refractivity contribution in [1.29, 1.82) is 0 Å². The van der Waals surface area contributed by atoms with Crippen LogP contribution in [0.1, 0.15) is 20.3 Å². The van der Waals surface area contributed by atoms with Crippen LogP contribution in [0.4, 0.5) is 5.69 Å². The Morgan fingerprint density at radius 1 is 1.71 bits per heavy atom. The van der Waals surface area contributed by atoms with Gasteiger partial charge in [0.1, 0.15) is 5.02 Å². The summed E-state index contributed by atoms with van der Waals surface area (Å²) < 4.78 is 0. The van der Waals surface area contributed by atoms with Crippen molar-refractivity contribution in [2.24, 2.45) is 5.92 Å². The maximum absolute atomic E-state index is 11.1. The SMILES string of the molecule is CCC(C)CNc1cn[nH]c(=O)c1Cl. The molecule has 1 rings (SSSR count). The molecule has 1 atom stereocenters. The number of anilines is 1. The molecular weight excluding hydrogens is 202 g/mol. The number of hydrogen-bond acceptors (Lipinski definition) is 3. The highest BCUT2D eigenvalue weighted by Crippen LogP contribution is 2.15. The third-order valence-corrected chi connectivity index (χ3v) is 2.51. The fraction of sp³-hybridized carbons (Fsp3) is 0.556. The summed E-state index contributed by atoms with van der Waals surface area (Å²) in [5.74, 6) is 0.547. The van der Waals surface area contributed by atoms with E-state index in [1.807, 2.05) is 0 Å². The molecule has 1 unspecified atom stereocenters. The largest absolute Gasteiger partial charge is 0.382 e. The van der Waals surface area contributed by atoms with Crippen LogP contribution in [0.3, 0.4) is 0 Å². The van der Waals surface area contributed by atoms with Gasteiger partial charge >= 0.3 is 0 Å². The van der Waals surface area contributed by atoms with Gasteiger partial charge in [-0.25, -0.2) is 5.10 Å². The number of nitrogens with one attached hydrogen (secondary N) is 2. The molecule has 1 aromatic rings. The van der Waals surface area contributed by atoms with E-state index < -0.39 is 0 Å². The summed E-state index contributed by atoms with van der Waals surface area (Å²) in [6.45, 7) is 5.03. The molecule has 0 radical (unpaired) electrons. The van der Waals surface area contributed by atoms with Crippen LogP contribution in [0.25, 0.3) is 0 Å². The second-order valence-electron chi connectivity index (χ2n) is 3.32. The van der Waals surface area contributed by atoms with Crippen LogP contribution in [-0.2, 0) is 0 Å². The lowest BCUT2D eigenvalue weighted by Gasteiger charge is -2.11. The van der Waals surface area contributed by atoms with Crippen molar-refractivity contribution in [3.05, 3.63) is 21.6 Å². The third-order valence-electron chi connectivity index (χ3n) is 2.13. The van der Waals surface area contributed by atoms with Crippen molar-refractivity contribution in [2.45, 2.75) is 20.3 Å². The van der Waals surface area contributed by atoms with Crippen molar-refractivity contribution < 1.29 is 0 Å². The van der Waals surface area contributed by atoms with E-state index in [2.05, 4.69) is 29.4 Å². The smallest absolute Gasteiger partial charge is 0.285 e. The number of hydrogen-bond donors (Lipinski definition) is 2. The Hall–Kier alpha value is -1.03. The maximum atomic E-state index is 11.1. The van der Waals surface area contributed by atoms with Crippen molar-refractivity contribution in [1.82, 2.24) is 10.2 Å². The van der Waals surface area contributed by atoms with Crippen LogP contribution >= 0.6 is 11.6 Å². The van der Waals surface area contributed by atoms with E-state index in [0.717, 1.165) is 13.0 Å². The molecule has 5 heteroatoms. The topological polar surface area (TPSA) is 57.8 Å². The molecule has 78 valence electrons. The minimum Gasteiger partial charge on any atom is -0.382 e. The molecule has 0 saturated carbocycles. The molecule has 0 bridgehead atoms. The van der Waals surface area contributed by atoms with Gasteiger partial charge < -0.3 is 5.32 Å². The predicted octanol–water partition coefficient (Wildman–Crippen LogP) is 1.88. The summed E-state index contributed by atoms with van der Waals surface area (Å²) >= 11 is 5.77. The predicted molar refractivity (Wildman–Crippen MR) is 57.8 cm³/mol. The Morgan fingerprint density at radius 3 is 3.07 bits per heavy atom. The number of H-pyrrole nitrogens is 1. The standard InChI is InChI=1S/C9H14ClN3O/c1-3-6(2)4-11-7-5-12-13-9(14)8(7)10/h5-6H,3-4H2,1-2H3,(H2,11,13,14).